The maximum absolute atomic E-state index is 12.3. The van der Waals surface area contributed by atoms with Gasteiger partial charge in [0.05, 0.1) is 5.56 Å². The fourth-order valence-electron chi connectivity index (χ4n) is 2.88. The van der Waals surface area contributed by atoms with Crippen LogP contribution in [-0.4, -0.2) is 22.1 Å². The van der Waals surface area contributed by atoms with E-state index in [1.807, 2.05) is 42.5 Å². The van der Waals surface area contributed by atoms with Crippen LogP contribution in [0.1, 0.15) is 17.5 Å². The summed E-state index contributed by atoms with van der Waals surface area (Å²) in [7, 11) is 0. The van der Waals surface area contributed by atoms with E-state index in [0.717, 1.165) is 22.7 Å². The van der Waals surface area contributed by atoms with Crippen molar-refractivity contribution < 1.29 is 14.0 Å². The molecule has 7 heteroatoms. The molecule has 2 heterocycles. The van der Waals surface area contributed by atoms with Gasteiger partial charge in [-0.25, -0.2) is 9.79 Å². The summed E-state index contributed by atoms with van der Waals surface area (Å²) >= 11 is 1.12. The number of hydrogen-bond acceptors (Lipinski definition) is 5. The molecule has 2 amide bonds. The molecular weight excluding hydrogens is 376 g/mol. The molecule has 0 saturated carbocycles. The molecule has 0 radical (unpaired) electrons. The number of nitrogens with one attached hydrogen (secondary N) is 1. The number of nitrogens with zero attached hydrogens (tertiary/aromatic N) is 1. The summed E-state index contributed by atoms with van der Waals surface area (Å²) < 4.78 is 5.30. The number of amides is 2. The first-order valence-corrected chi connectivity index (χ1v) is 9.61. The van der Waals surface area contributed by atoms with Crippen molar-refractivity contribution in [2.45, 2.75) is 18.2 Å². The molecule has 1 N–H and O–H groups in total. The minimum atomic E-state index is -0.642. The van der Waals surface area contributed by atoms with Crippen LogP contribution in [0.15, 0.2) is 74.9 Å². The summed E-state index contributed by atoms with van der Waals surface area (Å²) in [6, 6.07) is 18.3. The third-order valence-corrected chi connectivity index (χ3v) is 5.50. The highest BCUT2D eigenvalue weighted by atomic mass is 32.2. The number of fused-ring (bicyclic) bond motifs is 1. The van der Waals surface area contributed by atoms with E-state index < -0.39 is 16.8 Å². The summed E-state index contributed by atoms with van der Waals surface area (Å²) in [4.78, 5) is 40.7. The zero-order chi connectivity index (χ0) is 19.5. The van der Waals surface area contributed by atoms with E-state index in [9.17, 15) is 14.4 Å². The molecular formula is C21H16N2O4S. The van der Waals surface area contributed by atoms with Crippen LogP contribution in [-0.2, 0) is 16.1 Å². The van der Waals surface area contributed by atoms with Gasteiger partial charge in [0.2, 0.25) is 5.91 Å². The highest BCUT2D eigenvalue weighted by Crippen LogP contribution is 2.29. The summed E-state index contributed by atoms with van der Waals surface area (Å²) in [5.41, 5.74) is 1.14. The lowest BCUT2D eigenvalue weighted by atomic mass is 10.2. The van der Waals surface area contributed by atoms with E-state index in [1.54, 1.807) is 18.2 Å². The average molecular weight is 392 g/mol. The van der Waals surface area contributed by atoms with Crippen molar-refractivity contribution in [1.82, 2.24) is 5.32 Å². The second-order valence-corrected chi connectivity index (χ2v) is 7.50. The van der Waals surface area contributed by atoms with Gasteiger partial charge in [-0.2, -0.15) is 0 Å². The van der Waals surface area contributed by atoms with E-state index in [1.165, 1.54) is 0 Å². The van der Waals surface area contributed by atoms with Crippen molar-refractivity contribution in [3.8, 4) is 0 Å². The average Bonchev–Trinajstić information content (AvgIpc) is 3.06. The molecule has 28 heavy (non-hydrogen) atoms. The van der Waals surface area contributed by atoms with Gasteiger partial charge in [-0.1, -0.05) is 60.3 Å². The minimum Gasteiger partial charge on any atom is -0.422 e. The van der Waals surface area contributed by atoms with Crippen molar-refractivity contribution in [3.05, 3.63) is 82.2 Å². The minimum absolute atomic E-state index is 0.00223. The van der Waals surface area contributed by atoms with Crippen LogP contribution in [0.2, 0.25) is 0 Å². The van der Waals surface area contributed by atoms with E-state index >= 15 is 0 Å². The van der Waals surface area contributed by atoms with Crippen LogP contribution in [0.4, 0.5) is 0 Å². The first-order chi connectivity index (χ1) is 13.6. The molecule has 0 saturated heterocycles. The number of benzene rings is 2. The SMILES string of the molecule is O=C(CC1SC(c2cc3ccccc3oc2=O)=NC1=O)NCc1ccccc1. The second-order valence-electron chi connectivity index (χ2n) is 6.31. The molecule has 4 rings (SSSR count). The Morgan fingerprint density at radius 1 is 1.07 bits per heavy atom. The predicted molar refractivity (Wildman–Crippen MR) is 108 cm³/mol. The Bertz CT molecular complexity index is 1140. The Morgan fingerprint density at radius 2 is 1.82 bits per heavy atom. The van der Waals surface area contributed by atoms with Gasteiger partial charge in [0.25, 0.3) is 5.91 Å². The van der Waals surface area contributed by atoms with Gasteiger partial charge in [-0.15, -0.1) is 0 Å². The summed E-state index contributed by atoms with van der Waals surface area (Å²) in [6.45, 7) is 0.396. The first kappa shape index (κ1) is 18.2. The van der Waals surface area contributed by atoms with Gasteiger partial charge in [0, 0.05) is 18.4 Å². The highest BCUT2D eigenvalue weighted by molar-refractivity contribution is 8.16. The number of rotatable bonds is 5. The van der Waals surface area contributed by atoms with E-state index in [2.05, 4.69) is 10.3 Å². The third kappa shape index (κ3) is 3.89. The molecule has 140 valence electrons. The molecule has 6 nitrogen and oxygen atoms in total. The van der Waals surface area contributed by atoms with Crippen LogP contribution in [0.5, 0.6) is 0 Å². The summed E-state index contributed by atoms with van der Waals surface area (Å²) in [5.74, 6) is -0.654. The van der Waals surface area contributed by atoms with Gasteiger partial charge in [0.15, 0.2) is 0 Å². The van der Waals surface area contributed by atoms with Gasteiger partial charge in [0.1, 0.15) is 15.9 Å². The van der Waals surface area contributed by atoms with Crippen LogP contribution in [0, 0.1) is 0 Å². The number of aliphatic imine (C=N–C) groups is 1. The van der Waals surface area contributed by atoms with Crippen molar-refractivity contribution in [2.75, 3.05) is 0 Å². The lowest BCUT2D eigenvalue weighted by Crippen LogP contribution is -2.27. The lowest BCUT2D eigenvalue weighted by Gasteiger charge is -2.08. The Labute approximate surface area is 164 Å². The molecule has 0 aliphatic carbocycles. The molecule has 0 fully saturated rings. The molecule has 0 bridgehead atoms. The Hall–Kier alpha value is -3.19. The maximum atomic E-state index is 12.3. The van der Waals surface area contributed by atoms with Crippen molar-refractivity contribution in [1.29, 1.82) is 0 Å². The number of carbonyl (C=O) groups excluding carboxylic acids is 2. The molecule has 2 aromatic carbocycles. The number of carbonyl (C=O) groups is 2. The monoisotopic (exact) mass is 392 g/mol. The van der Waals surface area contributed by atoms with Gasteiger partial charge >= 0.3 is 5.63 Å². The van der Waals surface area contributed by atoms with Crippen LogP contribution < -0.4 is 10.9 Å². The van der Waals surface area contributed by atoms with Gasteiger partial charge < -0.3 is 9.73 Å². The second kappa shape index (κ2) is 7.82. The lowest BCUT2D eigenvalue weighted by molar-refractivity contribution is -0.124. The quantitative estimate of drug-likeness (QED) is 0.675. The maximum Gasteiger partial charge on any atom is 0.346 e. The molecule has 0 spiro atoms. The van der Waals surface area contributed by atoms with Crippen LogP contribution in [0.3, 0.4) is 0 Å². The number of thioether (sulfide) groups is 1. The normalized spacial score (nSPS) is 16.2. The van der Waals surface area contributed by atoms with E-state index in [4.69, 9.17) is 4.42 Å². The molecule has 1 atom stereocenters. The number of para-hydroxylation sites is 1. The number of hydrogen-bond donors (Lipinski definition) is 1. The standard InChI is InChI=1S/C21H16N2O4S/c24-18(22-12-13-6-2-1-3-7-13)11-17-19(25)23-20(28-17)15-10-14-8-4-5-9-16(14)27-21(15)26/h1-10,17H,11-12H2,(H,22,24). The molecule has 1 aromatic heterocycles. The zero-order valence-corrected chi connectivity index (χ0v) is 15.6. The summed E-state index contributed by atoms with van der Waals surface area (Å²) in [5, 5.41) is 3.20. The van der Waals surface area contributed by atoms with Gasteiger partial charge in [-0.3, -0.25) is 9.59 Å². The Morgan fingerprint density at radius 3 is 2.64 bits per heavy atom. The Kier molecular flexibility index (Phi) is 5.08. The van der Waals surface area contributed by atoms with Crippen LogP contribution >= 0.6 is 11.8 Å². The van der Waals surface area contributed by atoms with Crippen LogP contribution in [0.25, 0.3) is 11.0 Å². The van der Waals surface area contributed by atoms with E-state index in [-0.39, 0.29) is 17.9 Å². The van der Waals surface area contributed by atoms with Gasteiger partial charge in [-0.05, 0) is 17.7 Å². The highest BCUT2D eigenvalue weighted by Gasteiger charge is 2.32. The van der Waals surface area contributed by atoms with E-state index in [0.29, 0.717) is 17.2 Å². The van der Waals surface area contributed by atoms with Crippen molar-refractivity contribution >= 4 is 39.6 Å². The predicted octanol–water partition coefficient (Wildman–Crippen LogP) is 2.89. The molecule has 1 unspecified atom stereocenters. The van der Waals surface area contributed by atoms with Crippen molar-refractivity contribution in [2.24, 2.45) is 4.99 Å². The fraction of sp³-hybridized carbons (Fsp3) is 0.143. The zero-order valence-electron chi connectivity index (χ0n) is 14.8. The fourth-order valence-corrected chi connectivity index (χ4v) is 3.95. The largest absolute Gasteiger partial charge is 0.422 e. The topological polar surface area (TPSA) is 88.7 Å². The molecule has 3 aromatic rings. The molecule has 1 aliphatic rings. The smallest absolute Gasteiger partial charge is 0.346 e. The first-order valence-electron chi connectivity index (χ1n) is 8.73. The summed E-state index contributed by atoms with van der Waals surface area (Å²) in [6.07, 6.45) is 0.00223. The third-order valence-electron chi connectivity index (χ3n) is 4.32. The molecule has 1 aliphatic heterocycles. The Balaban J connectivity index is 1.43. The van der Waals surface area contributed by atoms with Crippen molar-refractivity contribution in [3.63, 3.8) is 0 Å².